The molecule has 0 atom stereocenters. The van der Waals surface area contributed by atoms with Gasteiger partial charge in [-0.3, -0.25) is 9.59 Å². The number of carbonyl (C=O) groups is 1. The highest BCUT2D eigenvalue weighted by Gasteiger charge is 2.26. The molecule has 1 saturated carbocycles. The van der Waals surface area contributed by atoms with Gasteiger partial charge >= 0.3 is 0 Å². The molecule has 4 heteroatoms. The summed E-state index contributed by atoms with van der Waals surface area (Å²) >= 11 is 5.53. The standard InChI is InChI=1S/C16H22ClNO2/c1-16(2,3)13-10-9-12(14(17)19)15(20)18(13)11-7-5-4-6-8-11/h9-11H,4-8H2,1-3H3. The summed E-state index contributed by atoms with van der Waals surface area (Å²) in [7, 11) is 0. The van der Waals surface area contributed by atoms with E-state index >= 15 is 0 Å². The van der Waals surface area contributed by atoms with Crippen molar-refractivity contribution in [3.63, 3.8) is 0 Å². The maximum Gasteiger partial charge on any atom is 0.263 e. The highest BCUT2D eigenvalue weighted by molar-refractivity contribution is 6.67. The zero-order valence-corrected chi connectivity index (χ0v) is 13.2. The molecular weight excluding hydrogens is 274 g/mol. The summed E-state index contributed by atoms with van der Waals surface area (Å²) in [6, 6.07) is 3.64. The third kappa shape index (κ3) is 2.98. The van der Waals surface area contributed by atoms with Crippen LogP contribution in [0.4, 0.5) is 0 Å². The van der Waals surface area contributed by atoms with Crippen LogP contribution in [0.1, 0.15) is 75.0 Å². The van der Waals surface area contributed by atoms with Crippen LogP contribution in [0, 0.1) is 0 Å². The SMILES string of the molecule is CC(C)(C)c1ccc(C(=O)Cl)c(=O)n1C1CCCCC1. The van der Waals surface area contributed by atoms with Gasteiger partial charge in [0, 0.05) is 17.2 Å². The van der Waals surface area contributed by atoms with E-state index in [1.165, 1.54) is 6.42 Å². The predicted octanol–water partition coefficient (Wildman–Crippen LogP) is 4.03. The van der Waals surface area contributed by atoms with Crippen molar-refractivity contribution in [3.8, 4) is 0 Å². The van der Waals surface area contributed by atoms with Gasteiger partial charge in [0.1, 0.15) is 0 Å². The van der Waals surface area contributed by atoms with Gasteiger partial charge in [-0.15, -0.1) is 0 Å². The zero-order valence-electron chi connectivity index (χ0n) is 12.4. The highest BCUT2D eigenvalue weighted by atomic mass is 35.5. The van der Waals surface area contributed by atoms with Crippen molar-refractivity contribution < 1.29 is 4.79 Å². The molecule has 0 N–H and O–H groups in total. The Balaban J connectivity index is 2.62. The molecule has 0 amide bonds. The Kier molecular flexibility index (Phi) is 4.38. The van der Waals surface area contributed by atoms with E-state index in [9.17, 15) is 9.59 Å². The summed E-state index contributed by atoms with van der Waals surface area (Å²) in [5.74, 6) is 0. The molecule has 1 heterocycles. The summed E-state index contributed by atoms with van der Waals surface area (Å²) in [6.07, 6.45) is 5.51. The lowest BCUT2D eigenvalue weighted by Gasteiger charge is -2.31. The van der Waals surface area contributed by atoms with E-state index in [0.29, 0.717) is 0 Å². The molecule has 0 aromatic carbocycles. The van der Waals surface area contributed by atoms with E-state index in [2.05, 4.69) is 20.8 Å². The third-order valence-electron chi connectivity index (χ3n) is 4.04. The van der Waals surface area contributed by atoms with Gasteiger partial charge in [-0.2, -0.15) is 0 Å². The van der Waals surface area contributed by atoms with Gasteiger partial charge in [-0.25, -0.2) is 0 Å². The summed E-state index contributed by atoms with van der Waals surface area (Å²) in [6.45, 7) is 6.26. The predicted molar refractivity (Wildman–Crippen MR) is 81.7 cm³/mol. The molecule has 1 aliphatic rings. The van der Waals surface area contributed by atoms with Gasteiger partial charge in [0.25, 0.3) is 10.8 Å². The maximum absolute atomic E-state index is 12.6. The lowest BCUT2D eigenvalue weighted by molar-refractivity contribution is 0.107. The molecule has 1 aromatic rings. The van der Waals surface area contributed by atoms with E-state index < -0.39 is 5.24 Å². The molecule has 0 unspecified atom stereocenters. The molecule has 1 aliphatic carbocycles. The summed E-state index contributed by atoms with van der Waals surface area (Å²) < 4.78 is 1.83. The van der Waals surface area contributed by atoms with E-state index in [1.807, 2.05) is 10.6 Å². The van der Waals surface area contributed by atoms with Gasteiger partial charge < -0.3 is 4.57 Å². The minimum Gasteiger partial charge on any atom is -0.308 e. The number of hydrogen-bond donors (Lipinski definition) is 0. The summed E-state index contributed by atoms with van der Waals surface area (Å²) in [5.41, 5.74) is 0.704. The fraction of sp³-hybridized carbons (Fsp3) is 0.625. The first kappa shape index (κ1) is 15.3. The van der Waals surface area contributed by atoms with Crippen molar-refractivity contribution >= 4 is 16.8 Å². The van der Waals surface area contributed by atoms with Crippen LogP contribution in [0.2, 0.25) is 0 Å². The fourth-order valence-corrected chi connectivity index (χ4v) is 3.16. The second-order valence-electron chi connectivity index (χ2n) is 6.62. The minimum atomic E-state index is -0.667. The van der Waals surface area contributed by atoms with Crippen molar-refractivity contribution in [2.75, 3.05) is 0 Å². The van der Waals surface area contributed by atoms with Crippen LogP contribution in [0.25, 0.3) is 0 Å². The molecule has 2 rings (SSSR count). The van der Waals surface area contributed by atoms with Crippen LogP contribution in [-0.2, 0) is 5.41 Å². The first-order valence-corrected chi connectivity index (χ1v) is 7.66. The first-order chi connectivity index (χ1) is 9.32. The second kappa shape index (κ2) is 5.72. The van der Waals surface area contributed by atoms with E-state index in [-0.39, 0.29) is 22.6 Å². The largest absolute Gasteiger partial charge is 0.308 e. The monoisotopic (exact) mass is 295 g/mol. The van der Waals surface area contributed by atoms with E-state index in [1.54, 1.807) is 6.07 Å². The molecule has 1 fully saturated rings. The average Bonchev–Trinajstić information content (AvgIpc) is 2.37. The Morgan fingerprint density at radius 3 is 2.30 bits per heavy atom. The number of halogens is 1. The van der Waals surface area contributed by atoms with Crippen LogP contribution in [0.15, 0.2) is 16.9 Å². The Morgan fingerprint density at radius 1 is 1.20 bits per heavy atom. The molecule has 3 nitrogen and oxygen atoms in total. The lowest BCUT2D eigenvalue weighted by Crippen LogP contribution is -2.35. The topological polar surface area (TPSA) is 39.1 Å². The smallest absolute Gasteiger partial charge is 0.263 e. The number of aromatic nitrogens is 1. The van der Waals surface area contributed by atoms with Crippen molar-refractivity contribution in [1.82, 2.24) is 4.57 Å². The molecular formula is C16H22ClNO2. The Hall–Kier alpha value is -1.09. The number of nitrogens with zero attached hydrogens (tertiary/aromatic N) is 1. The number of carbonyl (C=O) groups excluding carboxylic acids is 1. The third-order valence-corrected chi connectivity index (χ3v) is 4.24. The fourth-order valence-electron chi connectivity index (χ4n) is 3.02. The normalized spacial score (nSPS) is 17.2. The number of pyridine rings is 1. The molecule has 0 radical (unpaired) electrons. The Morgan fingerprint density at radius 2 is 1.80 bits per heavy atom. The second-order valence-corrected chi connectivity index (χ2v) is 6.97. The van der Waals surface area contributed by atoms with Crippen LogP contribution in [-0.4, -0.2) is 9.81 Å². The number of hydrogen-bond acceptors (Lipinski definition) is 2. The van der Waals surface area contributed by atoms with Crippen molar-refractivity contribution in [1.29, 1.82) is 0 Å². The van der Waals surface area contributed by atoms with Crippen LogP contribution < -0.4 is 5.56 Å². The lowest BCUT2D eigenvalue weighted by atomic mass is 9.88. The van der Waals surface area contributed by atoms with Crippen molar-refractivity contribution in [3.05, 3.63) is 33.7 Å². The molecule has 20 heavy (non-hydrogen) atoms. The highest BCUT2D eigenvalue weighted by Crippen LogP contribution is 2.31. The molecule has 1 aromatic heterocycles. The zero-order chi connectivity index (χ0) is 14.9. The van der Waals surface area contributed by atoms with E-state index in [4.69, 9.17) is 11.6 Å². The summed E-state index contributed by atoms with van der Waals surface area (Å²) in [4.78, 5) is 24.0. The molecule has 0 saturated heterocycles. The number of rotatable bonds is 2. The molecule has 110 valence electrons. The van der Waals surface area contributed by atoms with Crippen molar-refractivity contribution in [2.45, 2.75) is 64.3 Å². The Labute approximate surface area is 124 Å². The van der Waals surface area contributed by atoms with Crippen LogP contribution in [0.3, 0.4) is 0 Å². The van der Waals surface area contributed by atoms with Gasteiger partial charge in [0.2, 0.25) is 0 Å². The maximum atomic E-state index is 12.6. The molecule has 0 aliphatic heterocycles. The average molecular weight is 296 g/mol. The van der Waals surface area contributed by atoms with Gasteiger partial charge in [0.05, 0.1) is 5.56 Å². The van der Waals surface area contributed by atoms with Crippen molar-refractivity contribution in [2.24, 2.45) is 0 Å². The van der Waals surface area contributed by atoms with E-state index in [0.717, 1.165) is 31.4 Å². The van der Waals surface area contributed by atoms with Gasteiger partial charge in [-0.1, -0.05) is 40.0 Å². The van der Waals surface area contributed by atoms with Crippen LogP contribution >= 0.6 is 11.6 Å². The van der Waals surface area contributed by atoms with Crippen LogP contribution in [0.5, 0.6) is 0 Å². The first-order valence-electron chi connectivity index (χ1n) is 7.28. The molecule has 0 bridgehead atoms. The van der Waals surface area contributed by atoms with Gasteiger partial charge in [0.15, 0.2) is 0 Å². The molecule has 0 spiro atoms. The minimum absolute atomic E-state index is 0.0882. The van der Waals surface area contributed by atoms with Gasteiger partial charge in [-0.05, 0) is 36.6 Å². The summed E-state index contributed by atoms with van der Waals surface area (Å²) in [5, 5.41) is -0.667. The quantitative estimate of drug-likeness (QED) is 0.773. The Bertz CT molecular complexity index is 563.